The van der Waals surface area contributed by atoms with Crippen molar-refractivity contribution in [3.05, 3.63) is 42.2 Å². The molecule has 10 nitrogen and oxygen atoms in total. The summed E-state index contributed by atoms with van der Waals surface area (Å²) in [6.45, 7) is 2.49. The maximum Gasteiger partial charge on any atom is 0.309 e. The molecule has 0 saturated carbocycles. The minimum Gasteiger partial charge on any atom is -0.455 e. The Hall–Kier alpha value is -3.05. The van der Waals surface area contributed by atoms with Gasteiger partial charge < -0.3 is 15.0 Å². The quantitative estimate of drug-likeness (QED) is 0.615. The zero-order chi connectivity index (χ0) is 23.3. The predicted molar refractivity (Wildman–Crippen MR) is 119 cm³/mol. The first kappa shape index (κ1) is 23.6. The van der Waals surface area contributed by atoms with Crippen LogP contribution in [0.4, 0.5) is 11.6 Å². The zero-order valence-electron chi connectivity index (χ0n) is 18.3. The van der Waals surface area contributed by atoms with E-state index in [2.05, 4.69) is 15.3 Å². The number of benzene rings is 1. The molecule has 1 fully saturated rings. The SMILES string of the molecule is Cc1ccc(NC(=O)COC(=O)C2CCN(c3ncccn3)CC2)cc1S(=O)(=O)N(C)C. The first-order valence-electron chi connectivity index (χ1n) is 10.2. The van der Waals surface area contributed by atoms with Crippen molar-refractivity contribution in [2.75, 3.05) is 44.0 Å². The molecule has 1 aliphatic heterocycles. The smallest absolute Gasteiger partial charge is 0.309 e. The molecule has 1 aromatic heterocycles. The Labute approximate surface area is 187 Å². The van der Waals surface area contributed by atoms with Gasteiger partial charge in [-0.2, -0.15) is 0 Å². The fraction of sp³-hybridized carbons (Fsp3) is 0.429. The standard InChI is InChI=1S/C21H27N5O5S/c1-15-5-6-17(13-18(15)32(29,30)25(2)3)24-19(27)14-31-20(28)16-7-11-26(12-8-16)21-22-9-4-10-23-21/h4-6,9-10,13,16H,7-8,11-12,14H2,1-3H3,(H,24,27). The Bertz CT molecular complexity index is 1070. The fourth-order valence-corrected chi connectivity index (χ4v) is 4.52. The largest absolute Gasteiger partial charge is 0.455 e. The molecule has 3 rings (SSSR count). The average molecular weight is 462 g/mol. The van der Waals surface area contributed by atoms with Crippen molar-refractivity contribution in [2.45, 2.75) is 24.7 Å². The second kappa shape index (κ2) is 10.0. The first-order valence-corrected chi connectivity index (χ1v) is 11.6. The van der Waals surface area contributed by atoms with Crippen molar-refractivity contribution in [1.29, 1.82) is 0 Å². The minimum atomic E-state index is -3.65. The van der Waals surface area contributed by atoms with Crippen molar-refractivity contribution >= 4 is 33.5 Å². The van der Waals surface area contributed by atoms with Crippen LogP contribution in [0.5, 0.6) is 0 Å². The monoisotopic (exact) mass is 461 g/mol. The van der Waals surface area contributed by atoms with E-state index in [-0.39, 0.29) is 10.8 Å². The Morgan fingerprint density at radius 1 is 1.19 bits per heavy atom. The van der Waals surface area contributed by atoms with E-state index in [0.29, 0.717) is 43.1 Å². The summed E-state index contributed by atoms with van der Waals surface area (Å²) in [4.78, 5) is 35.1. The molecule has 1 aromatic carbocycles. The third kappa shape index (κ3) is 5.60. The Kier molecular flexibility index (Phi) is 7.41. The Morgan fingerprint density at radius 3 is 2.47 bits per heavy atom. The maximum absolute atomic E-state index is 12.4. The van der Waals surface area contributed by atoms with Gasteiger partial charge in [-0.25, -0.2) is 22.7 Å². The Balaban J connectivity index is 1.51. The normalized spacial score (nSPS) is 14.9. The van der Waals surface area contributed by atoms with Crippen LogP contribution in [0.25, 0.3) is 0 Å². The highest BCUT2D eigenvalue weighted by Gasteiger charge is 2.27. The van der Waals surface area contributed by atoms with E-state index >= 15 is 0 Å². The molecule has 0 unspecified atom stereocenters. The third-order valence-corrected chi connectivity index (χ3v) is 7.20. The number of aromatic nitrogens is 2. The summed E-state index contributed by atoms with van der Waals surface area (Å²) in [6.07, 6.45) is 4.52. The lowest BCUT2D eigenvalue weighted by molar-refractivity contribution is -0.152. The van der Waals surface area contributed by atoms with E-state index in [1.54, 1.807) is 37.5 Å². The summed E-state index contributed by atoms with van der Waals surface area (Å²) in [5.41, 5.74) is 0.878. The van der Waals surface area contributed by atoms with Gasteiger partial charge in [-0.15, -0.1) is 0 Å². The fourth-order valence-electron chi connectivity index (χ4n) is 3.37. The molecule has 172 valence electrons. The van der Waals surface area contributed by atoms with Crippen molar-refractivity contribution in [2.24, 2.45) is 5.92 Å². The summed E-state index contributed by atoms with van der Waals surface area (Å²) in [7, 11) is -0.764. The van der Waals surface area contributed by atoms with Gasteiger partial charge in [0.05, 0.1) is 10.8 Å². The number of ether oxygens (including phenoxy) is 1. The van der Waals surface area contributed by atoms with E-state index in [1.165, 1.54) is 20.2 Å². The van der Waals surface area contributed by atoms with E-state index in [9.17, 15) is 18.0 Å². The number of amides is 1. The number of anilines is 2. The highest BCUT2D eigenvalue weighted by molar-refractivity contribution is 7.89. The van der Waals surface area contributed by atoms with Gasteiger partial charge in [0.2, 0.25) is 16.0 Å². The molecular formula is C21H27N5O5S. The molecule has 1 aliphatic rings. The maximum atomic E-state index is 12.4. The van der Waals surface area contributed by atoms with E-state index in [1.807, 2.05) is 4.90 Å². The summed E-state index contributed by atoms with van der Waals surface area (Å²) < 4.78 is 31.2. The van der Waals surface area contributed by atoms with Crippen LogP contribution in [0.3, 0.4) is 0 Å². The highest BCUT2D eigenvalue weighted by Crippen LogP contribution is 2.23. The molecule has 1 saturated heterocycles. The number of carbonyl (C=O) groups is 2. The van der Waals surface area contributed by atoms with Gasteiger partial charge in [0.1, 0.15) is 0 Å². The average Bonchev–Trinajstić information content (AvgIpc) is 2.79. The predicted octanol–water partition coefficient (Wildman–Crippen LogP) is 1.43. The molecule has 0 spiro atoms. The molecule has 0 atom stereocenters. The van der Waals surface area contributed by atoms with Crippen LogP contribution in [0.15, 0.2) is 41.6 Å². The lowest BCUT2D eigenvalue weighted by atomic mass is 9.97. The summed E-state index contributed by atoms with van der Waals surface area (Å²) >= 11 is 0. The van der Waals surface area contributed by atoms with Gasteiger partial charge in [-0.05, 0) is 43.5 Å². The molecule has 32 heavy (non-hydrogen) atoms. The first-order chi connectivity index (χ1) is 15.2. The molecule has 0 radical (unpaired) electrons. The van der Waals surface area contributed by atoms with E-state index in [0.717, 1.165) is 4.31 Å². The van der Waals surface area contributed by atoms with Crippen LogP contribution >= 0.6 is 0 Å². The highest BCUT2D eigenvalue weighted by atomic mass is 32.2. The second-order valence-corrected chi connectivity index (χ2v) is 9.85. The number of hydrogen-bond acceptors (Lipinski definition) is 8. The number of esters is 1. The van der Waals surface area contributed by atoms with Gasteiger partial charge in [0.15, 0.2) is 6.61 Å². The van der Waals surface area contributed by atoms with Crippen molar-refractivity contribution < 1.29 is 22.7 Å². The van der Waals surface area contributed by atoms with Crippen LogP contribution < -0.4 is 10.2 Å². The molecular weight excluding hydrogens is 434 g/mol. The molecule has 1 amide bonds. The molecule has 0 aliphatic carbocycles. The van der Waals surface area contributed by atoms with Crippen LogP contribution in [-0.2, 0) is 24.3 Å². The lowest BCUT2D eigenvalue weighted by Crippen LogP contribution is -2.38. The number of piperidine rings is 1. The summed E-state index contributed by atoms with van der Waals surface area (Å²) in [5.74, 6) is -0.620. The number of sulfonamides is 1. The van der Waals surface area contributed by atoms with Crippen molar-refractivity contribution in [3.8, 4) is 0 Å². The second-order valence-electron chi connectivity index (χ2n) is 7.73. The van der Waals surface area contributed by atoms with E-state index in [4.69, 9.17) is 4.74 Å². The van der Waals surface area contributed by atoms with E-state index < -0.39 is 28.5 Å². The number of aryl methyl sites for hydroxylation is 1. The number of hydrogen-bond donors (Lipinski definition) is 1. The van der Waals surface area contributed by atoms with Gasteiger partial charge in [0, 0.05) is 45.3 Å². The number of rotatable bonds is 7. The van der Waals surface area contributed by atoms with Gasteiger partial charge in [0.25, 0.3) is 5.91 Å². The molecule has 2 heterocycles. The van der Waals surface area contributed by atoms with Gasteiger partial charge >= 0.3 is 5.97 Å². The number of carbonyl (C=O) groups excluding carboxylic acids is 2. The van der Waals surface area contributed by atoms with Crippen LogP contribution in [0, 0.1) is 12.8 Å². The summed E-state index contributed by atoms with van der Waals surface area (Å²) in [5, 5.41) is 2.58. The molecule has 0 bridgehead atoms. The van der Waals surface area contributed by atoms with Crippen LogP contribution in [0.1, 0.15) is 18.4 Å². The van der Waals surface area contributed by atoms with Crippen molar-refractivity contribution in [1.82, 2.24) is 14.3 Å². The third-order valence-electron chi connectivity index (χ3n) is 5.24. The topological polar surface area (TPSA) is 122 Å². The van der Waals surface area contributed by atoms with Crippen molar-refractivity contribution in [3.63, 3.8) is 0 Å². The van der Waals surface area contributed by atoms with Gasteiger partial charge in [-0.1, -0.05) is 6.07 Å². The van der Waals surface area contributed by atoms with Crippen LogP contribution in [-0.4, -0.2) is 68.4 Å². The molecule has 1 N–H and O–H groups in total. The van der Waals surface area contributed by atoms with Crippen LogP contribution in [0.2, 0.25) is 0 Å². The lowest BCUT2D eigenvalue weighted by Gasteiger charge is -2.30. The number of nitrogens with zero attached hydrogens (tertiary/aromatic N) is 4. The molecule has 11 heteroatoms. The minimum absolute atomic E-state index is 0.103. The zero-order valence-corrected chi connectivity index (χ0v) is 19.1. The molecule has 2 aromatic rings. The Morgan fingerprint density at radius 2 is 1.84 bits per heavy atom. The van der Waals surface area contributed by atoms with Gasteiger partial charge in [-0.3, -0.25) is 9.59 Å². The summed E-state index contributed by atoms with van der Waals surface area (Å²) in [6, 6.07) is 6.36. The number of nitrogens with one attached hydrogen (secondary N) is 1.